The Morgan fingerprint density at radius 2 is 1.89 bits per heavy atom. The van der Waals surface area contributed by atoms with Crippen molar-refractivity contribution in [1.82, 2.24) is 0 Å². The monoisotopic (exact) mass is 241 g/mol. The molecule has 1 aliphatic carbocycles. The summed E-state index contributed by atoms with van der Waals surface area (Å²) < 4.78 is 0. The Kier molecular flexibility index (Phi) is 3.48. The largest absolute Gasteiger partial charge is 0.365 e. The minimum Gasteiger partial charge on any atom is -0.312 e. The second kappa shape index (κ2) is 5.23. The van der Waals surface area contributed by atoms with E-state index in [2.05, 4.69) is 5.16 Å². The van der Waals surface area contributed by atoms with E-state index in [9.17, 15) is 9.59 Å². The molecule has 2 rings (SSSR count). The van der Waals surface area contributed by atoms with Crippen LogP contribution in [0.1, 0.15) is 17.3 Å². The number of oxime groups is 1. The summed E-state index contributed by atoms with van der Waals surface area (Å²) in [5.74, 6) is -0.623. The fraction of sp³-hybridized carbons (Fsp3) is 0.0714. The van der Waals surface area contributed by atoms with E-state index >= 15 is 0 Å². The first kappa shape index (κ1) is 12.0. The molecular weight excluding hydrogens is 230 g/mol. The fourth-order valence-corrected chi connectivity index (χ4v) is 1.45. The predicted molar refractivity (Wildman–Crippen MR) is 67.2 cm³/mol. The standard InChI is InChI=1S/C14H11NO3/c1-10-9-12(16)7-8-13(10)15-18-14(17)11-5-3-2-4-6-11/h2-9H,1H3. The maximum atomic E-state index is 11.6. The Bertz CT molecular complexity index is 568. The lowest BCUT2D eigenvalue weighted by molar-refractivity contribution is -0.110. The number of nitrogens with zero attached hydrogens (tertiary/aromatic N) is 1. The first-order valence-electron chi connectivity index (χ1n) is 5.42. The van der Waals surface area contributed by atoms with Gasteiger partial charge in [-0.1, -0.05) is 23.4 Å². The third-order valence-electron chi connectivity index (χ3n) is 2.40. The summed E-state index contributed by atoms with van der Waals surface area (Å²) in [4.78, 5) is 27.5. The topological polar surface area (TPSA) is 55.7 Å². The SMILES string of the molecule is CC1=CC(=O)C=CC1=NOC(=O)c1ccccc1. The van der Waals surface area contributed by atoms with Gasteiger partial charge in [0.2, 0.25) is 0 Å². The lowest BCUT2D eigenvalue weighted by atomic mass is 10.1. The molecule has 0 unspecified atom stereocenters. The summed E-state index contributed by atoms with van der Waals surface area (Å²) in [5, 5.41) is 3.73. The number of allylic oxidation sites excluding steroid dienone is 4. The molecule has 0 aliphatic heterocycles. The predicted octanol–water partition coefficient (Wildman–Crippen LogP) is 2.28. The molecule has 1 aromatic rings. The van der Waals surface area contributed by atoms with Crippen molar-refractivity contribution >= 4 is 17.5 Å². The maximum absolute atomic E-state index is 11.6. The number of benzene rings is 1. The van der Waals surface area contributed by atoms with Crippen LogP contribution in [0.25, 0.3) is 0 Å². The molecular formula is C14H11NO3. The van der Waals surface area contributed by atoms with Crippen molar-refractivity contribution in [3.05, 3.63) is 59.7 Å². The minimum absolute atomic E-state index is 0.0964. The molecule has 1 aliphatic rings. The second-order valence-electron chi connectivity index (χ2n) is 3.78. The van der Waals surface area contributed by atoms with Crippen LogP contribution < -0.4 is 0 Å². The van der Waals surface area contributed by atoms with E-state index in [0.29, 0.717) is 16.8 Å². The maximum Gasteiger partial charge on any atom is 0.365 e. The highest BCUT2D eigenvalue weighted by atomic mass is 16.7. The molecule has 0 aromatic heterocycles. The quantitative estimate of drug-likeness (QED) is 0.453. The van der Waals surface area contributed by atoms with Crippen molar-refractivity contribution in [3.8, 4) is 0 Å². The van der Waals surface area contributed by atoms with Crippen molar-refractivity contribution in [2.45, 2.75) is 6.92 Å². The number of carbonyl (C=O) groups is 2. The van der Waals surface area contributed by atoms with Gasteiger partial charge < -0.3 is 4.84 Å². The van der Waals surface area contributed by atoms with Gasteiger partial charge in [-0.05, 0) is 42.9 Å². The molecule has 0 spiro atoms. The van der Waals surface area contributed by atoms with E-state index < -0.39 is 5.97 Å². The highest BCUT2D eigenvalue weighted by molar-refractivity contribution is 6.19. The van der Waals surface area contributed by atoms with E-state index in [4.69, 9.17) is 4.84 Å². The molecule has 0 radical (unpaired) electrons. The Balaban J connectivity index is 2.08. The Labute approximate surface area is 104 Å². The van der Waals surface area contributed by atoms with Crippen molar-refractivity contribution in [2.24, 2.45) is 5.16 Å². The van der Waals surface area contributed by atoms with Crippen LogP contribution in [-0.2, 0) is 9.63 Å². The van der Waals surface area contributed by atoms with Crippen LogP contribution in [0.2, 0.25) is 0 Å². The molecule has 0 heterocycles. The lowest BCUT2D eigenvalue weighted by Crippen LogP contribution is -2.08. The van der Waals surface area contributed by atoms with Crippen LogP contribution in [-0.4, -0.2) is 17.5 Å². The van der Waals surface area contributed by atoms with Gasteiger partial charge in [0.05, 0.1) is 5.56 Å². The molecule has 0 N–H and O–H groups in total. The van der Waals surface area contributed by atoms with Crippen LogP contribution in [0.4, 0.5) is 0 Å². The van der Waals surface area contributed by atoms with E-state index in [1.807, 2.05) is 6.07 Å². The minimum atomic E-state index is -0.527. The molecule has 0 fully saturated rings. The zero-order valence-corrected chi connectivity index (χ0v) is 9.79. The third kappa shape index (κ3) is 2.79. The Hall–Kier alpha value is -2.49. The summed E-state index contributed by atoms with van der Waals surface area (Å²) in [7, 11) is 0. The van der Waals surface area contributed by atoms with Crippen molar-refractivity contribution in [2.75, 3.05) is 0 Å². The third-order valence-corrected chi connectivity index (χ3v) is 2.40. The van der Waals surface area contributed by atoms with Gasteiger partial charge >= 0.3 is 5.97 Å². The summed E-state index contributed by atoms with van der Waals surface area (Å²) in [6.07, 6.45) is 4.34. The van der Waals surface area contributed by atoms with E-state index in [-0.39, 0.29) is 5.78 Å². The highest BCUT2D eigenvalue weighted by Crippen LogP contribution is 2.08. The van der Waals surface area contributed by atoms with E-state index in [0.717, 1.165) is 0 Å². The van der Waals surface area contributed by atoms with Crippen LogP contribution >= 0.6 is 0 Å². The molecule has 0 bridgehead atoms. The number of ketones is 1. The van der Waals surface area contributed by atoms with Crippen LogP contribution in [0.15, 0.2) is 59.3 Å². The number of carbonyl (C=O) groups excluding carboxylic acids is 2. The van der Waals surface area contributed by atoms with Crippen LogP contribution in [0.5, 0.6) is 0 Å². The van der Waals surface area contributed by atoms with Gasteiger partial charge in [-0.3, -0.25) is 4.79 Å². The van der Waals surface area contributed by atoms with Gasteiger partial charge in [0.25, 0.3) is 0 Å². The molecule has 18 heavy (non-hydrogen) atoms. The molecule has 0 saturated carbocycles. The number of hydrogen-bond acceptors (Lipinski definition) is 4. The fourth-order valence-electron chi connectivity index (χ4n) is 1.45. The lowest BCUT2D eigenvalue weighted by Gasteiger charge is -2.04. The average Bonchev–Trinajstić information content (AvgIpc) is 2.38. The number of rotatable bonds is 2. The Morgan fingerprint density at radius 3 is 2.56 bits per heavy atom. The van der Waals surface area contributed by atoms with Crippen molar-refractivity contribution in [1.29, 1.82) is 0 Å². The molecule has 0 atom stereocenters. The molecule has 90 valence electrons. The summed E-state index contributed by atoms with van der Waals surface area (Å²) >= 11 is 0. The van der Waals surface area contributed by atoms with Gasteiger partial charge in [0, 0.05) is 0 Å². The molecule has 4 heteroatoms. The van der Waals surface area contributed by atoms with E-state index in [1.165, 1.54) is 18.2 Å². The molecule has 0 saturated heterocycles. The van der Waals surface area contributed by atoms with Crippen LogP contribution in [0.3, 0.4) is 0 Å². The summed E-state index contributed by atoms with van der Waals surface area (Å²) in [5.41, 5.74) is 1.57. The first-order valence-corrected chi connectivity index (χ1v) is 5.42. The summed E-state index contributed by atoms with van der Waals surface area (Å²) in [6.45, 7) is 1.73. The van der Waals surface area contributed by atoms with Gasteiger partial charge in [0.1, 0.15) is 5.71 Å². The van der Waals surface area contributed by atoms with E-state index in [1.54, 1.807) is 31.2 Å². The first-order chi connectivity index (χ1) is 8.66. The van der Waals surface area contributed by atoms with Gasteiger partial charge in [-0.15, -0.1) is 0 Å². The van der Waals surface area contributed by atoms with Crippen LogP contribution in [0, 0.1) is 0 Å². The Morgan fingerprint density at radius 1 is 1.17 bits per heavy atom. The summed E-state index contributed by atoms with van der Waals surface area (Å²) in [6, 6.07) is 8.59. The molecule has 4 nitrogen and oxygen atoms in total. The second-order valence-corrected chi connectivity index (χ2v) is 3.78. The van der Waals surface area contributed by atoms with Gasteiger partial charge in [-0.25, -0.2) is 4.79 Å². The zero-order chi connectivity index (χ0) is 13.0. The van der Waals surface area contributed by atoms with Gasteiger partial charge in [0.15, 0.2) is 5.78 Å². The van der Waals surface area contributed by atoms with Gasteiger partial charge in [-0.2, -0.15) is 0 Å². The highest BCUT2D eigenvalue weighted by Gasteiger charge is 2.10. The average molecular weight is 241 g/mol. The molecule has 1 aromatic carbocycles. The van der Waals surface area contributed by atoms with Crippen molar-refractivity contribution in [3.63, 3.8) is 0 Å². The molecule has 0 amide bonds. The zero-order valence-electron chi connectivity index (χ0n) is 9.79. The van der Waals surface area contributed by atoms with Crippen molar-refractivity contribution < 1.29 is 14.4 Å². The number of hydrogen-bond donors (Lipinski definition) is 0. The normalized spacial score (nSPS) is 16.6. The smallest absolute Gasteiger partial charge is 0.312 e.